The predicted molar refractivity (Wildman–Crippen MR) is 223 cm³/mol. The molecule has 2 aromatic heterocycles. The Bertz CT molecular complexity index is 2500. The number of likely N-dealkylation sites (N-methyl/N-ethyl adjacent to an activating group) is 4. The van der Waals surface area contributed by atoms with Gasteiger partial charge in [-0.25, -0.2) is 4.99 Å². The lowest BCUT2D eigenvalue weighted by molar-refractivity contribution is 0.476. The molecule has 0 aliphatic carbocycles. The molecule has 2 N–H and O–H groups in total. The Morgan fingerprint density at radius 2 is 1.13 bits per heavy atom. The minimum atomic E-state index is -1.39. The third-order valence-electron chi connectivity index (χ3n) is 10.7. The molecular formula is C44H42Cl2N8. The Morgan fingerprint density at radius 3 is 1.72 bits per heavy atom. The number of H-pyrrole nitrogens is 2. The van der Waals surface area contributed by atoms with Crippen molar-refractivity contribution in [2.45, 2.75) is 9.87 Å². The summed E-state index contributed by atoms with van der Waals surface area (Å²) in [5, 5.41) is 1.86. The van der Waals surface area contributed by atoms with Crippen LogP contribution in [0.25, 0.3) is 16.7 Å². The van der Waals surface area contributed by atoms with E-state index in [1.54, 1.807) is 0 Å². The second-order valence-electron chi connectivity index (χ2n) is 14.8. The van der Waals surface area contributed by atoms with E-state index in [1.807, 2.05) is 25.3 Å². The normalized spacial score (nSPS) is 26.1. The minimum Gasteiger partial charge on any atom is -0.376 e. The molecule has 8 bridgehead atoms. The quantitative estimate of drug-likeness (QED) is 0.297. The number of halogens is 2. The fraction of sp³-hybridized carbons (Fsp3) is 0.227. The van der Waals surface area contributed by atoms with Gasteiger partial charge in [-0.15, -0.1) is 11.6 Å². The van der Waals surface area contributed by atoms with Crippen molar-refractivity contribution in [3.63, 3.8) is 0 Å². The number of allylic oxidation sites excluding steroid dienone is 11. The summed E-state index contributed by atoms with van der Waals surface area (Å²) in [6, 6.07) is 8.41. The van der Waals surface area contributed by atoms with Crippen molar-refractivity contribution in [3.05, 3.63) is 172 Å². The molecule has 0 spiro atoms. The van der Waals surface area contributed by atoms with Gasteiger partial charge >= 0.3 is 0 Å². The van der Waals surface area contributed by atoms with E-state index in [0.717, 1.165) is 104 Å². The van der Waals surface area contributed by atoms with Gasteiger partial charge in [0, 0.05) is 135 Å². The first kappa shape index (κ1) is 34.3. The molecule has 0 saturated carbocycles. The number of nitrogens with one attached hydrogen (secondary N) is 2. The van der Waals surface area contributed by atoms with Crippen molar-refractivity contribution in [3.8, 4) is 0 Å². The number of aliphatic imine (C=N–C) groups is 2. The van der Waals surface area contributed by atoms with E-state index >= 15 is 0 Å². The molecule has 7 aliphatic rings. The van der Waals surface area contributed by atoms with Crippen LogP contribution in [0.15, 0.2) is 160 Å². The molecule has 2 unspecified atom stereocenters. The lowest BCUT2D eigenvalue weighted by Crippen LogP contribution is -2.42. The summed E-state index contributed by atoms with van der Waals surface area (Å²) in [6.07, 6.45) is 34.0. The van der Waals surface area contributed by atoms with Gasteiger partial charge in [-0.05, 0) is 54.1 Å². The van der Waals surface area contributed by atoms with Crippen LogP contribution in [-0.2, 0) is 4.87 Å². The summed E-state index contributed by atoms with van der Waals surface area (Å²) in [7, 11) is 8.30. The molecule has 0 aromatic carbocycles. The van der Waals surface area contributed by atoms with E-state index in [9.17, 15) is 0 Å². The van der Waals surface area contributed by atoms with Crippen LogP contribution in [0.4, 0.5) is 0 Å². The van der Waals surface area contributed by atoms with Gasteiger partial charge in [0.25, 0.3) is 0 Å². The molecule has 9 rings (SSSR count). The van der Waals surface area contributed by atoms with E-state index < -0.39 is 9.87 Å². The van der Waals surface area contributed by atoms with Crippen molar-refractivity contribution < 1.29 is 0 Å². The Kier molecular flexibility index (Phi) is 8.36. The van der Waals surface area contributed by atoms with Gasteiger partial charge in [-0.2, -0.15) is 0 Å². The number of hydrogen-bond donors (Lipinski definition) is 2. The summed E-state index contributed by atoms with van der Waals surface area (Å²) in [6.45, 7) is 3.26. The van der Waals surface area contributed by atoms with Gasteiger partial charge < -0.3 is 29.6 Å². The minimum absolute atomic E-state index is 0.730. The standard InChI is InChI=1S/C44H42Cl2N8/c1-51-21-5-9-29(25-51)40-33-13-14-35(47-33)41(30-10-6-22-52(2)26-30)37-17-18-39(49-37)44(46,32-12-8-24-54(4)28-32)43(45)20-19-38(50-43)42(36-16-15-34(40)48-36)31-11-7-23-53(3)27-31/h5-20,25-28,48-49H,21-24H2,1-4H3. The molecule has 272 valence electrons. The summed E-state index contributed by atoms with van der Waals surface area (Å²) in [4.78, 5) is 24.3. The molecule has 2 aromatic rings. The zero-order valence-electron chi connectivity index (χ0n) is 30.8. The Balaban J connectivity index is 1.39. The highest BCUT2D eigenvalue weighted by molar-refractivity contribution is 6.41. The molecule has 10 heteroatoms. The van der Waals surface area contributed by atoms with Crippen LogP contribution in [0.5, 0.6) is 0 Å². The van der Waals surface area contributed by atoms with Crippen LogP contribution in [0.3, 0.4) is 0 Å². The predicted octanol–water partition coefficient (Wildman–Crippen LogP) is 6.00. The van der Waals surface area contributed by atoms with Gasteiger partial charge in [-0.3, -0.25) is 4.99 Å². The summed E-state index contributed by atoms with van der Waals surface area (Å²) >= 11 is 15.9. The maximum atomic E-state index is 8.06. The third-order valence-corrected chi connectivity index (χ3v) is 12.0. The van der Waals surface area contributed by atoms with E-state index in [1.165, 1.54) is 0 Å². The first-order valence-electron chi connectivity index (χ1n) is 18.3. The van der Waals surface area contributed by atoms with Crippen molar-refractivity contribution in [1.29, 1.82) is 0 Å². The average Bonchev–Trinajstić information content (AvgIpc) is 3.98. The van der Waals surface area contributed by atoms with Crippen LogP contribution in [0.2, 0.25) is 0 Å². The Hall–Kier alpha value is -5.44. The van der Waals surface area contributed by atoms with E-state index in [4.69, 9.17) is 33.2 Å². The van der Waals surface area contributed by atoms with Crippen LogP contribution >= 0.6 is 23.2 Å². The second-order valence-corrected chi connectivity index (χ2v) is 15.9. The van der Waals surface area contributed by atoms with Crippen LogP contribution in [0, 0.1) is 0 Å². The first-order chi connectivity index (χ1) is 26.1. The number of rotatable bonds is 4. The van der Waals surface area contributed by atoms with Crippen molar-refractivity contribution in [2.24, 2.45) is 9.98 Å². The number of nitrogens with zero attached hydrogens (tertiary/aromatic N) is 6. The van der Waals surface area contributed by atoms with E-state index in [-0.39, 0.29) is 0 Å². The lowest BCUT2D eigenvalue weighted by Gasteiger charge is -2.39. The van der Waals surface area contributed by atoms with Gasteiger partial charge in [0.05, 0.1) is 17.1 Å². The molecule has 0 fully saturated rings. The molecule has 8 nitrogen and oxygen atoms in total. The zero-order valence-corrected chi connectivity index (χ0v) is 32.3. The Morgan fingerprint density at radius 1 is 0.574 bits per heavy atom. The van der Waals surface area contributed by atoms with E-state index in [0.29, 0.717) is 0 Å². The monoisotopic (exact) mass is 752 g/mol. The highest BCUT2D eigenvalue weighted by atomic mass is 35.5. The Labute approximate surface area is 325 Å². The van der Waals surface area contributed by atoms with Gasteiger partial charge in [-0.1, -0.05) is 60.2 Å². The number of alkyl halides is 2. The largest absolute Gasteiger partial charge is 0.376 e. The van der Waals surface area contributed by atoms with Crippen molar-refractivity contribution in [2.75, 3.05) is 54.4 Å². The van der Waals surface area contributed by atoms with Crippen LogP contribution in [-0.4, -0.2) is 100 Å². The molecule has 54 heavy (non-hydrogen) atoms. The third kappa shape index (κ3) is 5.76. The fourth-order valence-corrected chi connectivity index (χ4v) is 8.77. The highest BCUT2D eigenvalue weighted by Crippen LogP contribution is 2.54. The molecule has 0 amide bonds. The summed E-state index contributed by atoms with van der Waals surface area (Å²) in [5.74, 6) is 0. The molecule has 2 atom stereocenters. The molecule has 0 radical (unpaired) electrons. The second kappa shape index (κ2) is 13.1. The van der Waals surface area contributed by atoms with Gasteiger partial charge in [0.1, 0.15) is 0 Å². The van der Waals surface area contributed by atoms with Crippen molar-refractivity contribution >= 4 is 51.3 Å². The maximum absolute atomic E-state index is 8.06. The highest BCUT2D eigenvalue weighted by Gasteiger charge is 2.54. The molecule has 9 heterocycles. The molecule has 7 aliphatic heterocycles. The van der Waals surface area contributed by atoms with Crippen LogP contribution < -0.4 is 10.7 Å². The van der Waals surface area contributed by atoms with Gasteiger partial charge in [0.2, 0.25) is 0 Å². The first-order valence-corrected chi connectivity index (χ1v) is 19.0. The van der Waals surface area contributed by atoms with E-state index in [2.05, 4.69) is 154 Å². The number of hydrogen-bond acceptors (Lipinski definition) is 6. The smallest absolute Gasteiger partial charge is 0.181 e. The summed E-state index contributed by atoms with van der Waals surface area (Å²) < 4.78 is 0. The zero-order chi connectivity index (χ0) is 37.2. The maximum Gasteiger partial charge on any atom is 0.181 e. The topological polar surface area (TPSA) is 69.3 Å². The fourth-order valence-electron chi connectivity index (χ4n) is 8.07. The molecule has 0 saturated heterocycles. The van der Waals surface area contributed by atoms with Crippen molar-refractivity contribution in [1.82, 2.24) is 29.6 Å². The summed E-state index contributed by atoms with van der Waals surface area (Å²) in [5.41, 5.74) is 11.0. The molecular weight excluding hydrogens is 711 g/mol. The van der Waals surface area contributed by atoms with Gasteiger partial charge in [0.15, 0.2) is 9.87 Å². The average molecular weight is 754 g/mol. The number of fused-ring (bicyclic) bond motifs is 6. The lowest BCUT2D eigenvalue weighted by atomic mass is 9.86. The SMILES string of the molecule is CN1C=C(C2=C3C=CC(=N3)C(C3=CN(C)CC=C3)=c3ccc([nH]3)=C(C3=CN(C)CC=C3)C3=NC(Cl)(C=C3)C(Cl)(C3=CN(C)CC=C3)c3ccc2[nH]3)C=CC1. The van der Waals surface area contributed by atoms with Crippen LogP contribution in [0.1, 0.15) is 11.4 Å². The number of aromatic nitrogens is 2. The number of aromatic amines is 2.